The highest BCUT2D eigenvalue weighted by molar-refractivity contribution is 6.02. The molecule has 1 aromatic heterocycles. The third kappa shape index (κ3) is 5.43. The number of nitrogens with zero attached hydrogens (tertiary/aromatic N) is 3. The van der Waals surface area contributed by atoms with E-state index in [-0.39, 0.29) is 5.57 Å². The molecule has 3 rings (SSSR count). The van der Waals surface area contributed by atoms with Crippen LogP contribution in [0.4, 0.5) is 0 Å². The zero-order valence-electron chi connectivity index (χ0n) is 16.9. The summed E-state index contributed by atoms with van der Waals surface area (Å²) in [7, 11) is 0. The molecule has 1 N–H and O–H groups in total. The van der Waals surface area contributed by atoms with Gasteiger partial charge in [-0.2, -0.15) is 10.4 Å². The summed E-state index contributed by atoms with van der Waals surface area (Å²) in [5, 5.41) is 17.0. The molecule has 6 nitrogen and oxygen atoms in total. The number of ether oxygens (including phenoxy) is 1. The fraction of sp³-hybridized carbons (Fsp3) is 0.208. The van der Waals surface area contributed by atoms with Crippen LogP contribution < -0.4 is 5.32 Å². The molecular weight excluding hydrogens is 376 g/mol. The highest BCUT2D eigenvalue weighted by atomic mass is 16.5. The van der Waals surface area contributed by atoms with E-state index in [0.717, 1.165) is 11.3 Å². The Morgan fingerprint density at radius 3 is 2.53 bits per heavy atom. The lowest BCUT2D eigenvalue weighted by molar-refractivity contribution is -0.117. The number of nitrogens with one attached hydrogen (secondary N) is 1. The standard InChI is InChI=1S/C24H24N4O2/c1-2-30-15-9-14-26-24(29)20(17-25)16-21-18-28(22-12-7-4-8-13-22)27-23(21)19-10-5-3-6-11-19/h3-8,10-13,16,18H,2,9,14-15H2,1H3,(H,26,29)/b20-16+. The third-order valence-corrected chi connectivity index (χ3v) is 4.43. The van der Waals surface area contributed by atoms with Crippen LogP contribution in [0.5, 0.6) is 0 Å². The van der Waals surface area contributed by atoms with E-state index in [1.807, 2.05) is 79.9 Å². The van der Waals surface area contributed by atoms with Gasteiger partial charge in [0.05, 0.1) is 11.4 Å². The second-order valence-electron chi connectivity index (χ2n) is 6.56. The van der Waals surface area contributed by atoms with E-state index in [2.05, 4.69) is 5.32 Å². The minimum absolute atomic E-state index is 0.0382. The Hall–Kier alpha value is -3.69. The lowest BCUT2D eigenvalue weighted by Gasteiger charge is -2.04. The van der Waals surface area contributed by atoms with Crippen LogP contribution in [0.1, 0.15) is 18.9 Å². The van der Waals surface area contributed by atoms with Crippen LogP contribution in [0, 0.1) is 11.3 Å². The summed E-state index contributed by atoms with van der Waals surface area (Å²) >= 11 is 0. The van der Waals surface area contributed by atoms with Crippen molar-refractivity contribution in [2.75, 3.05) is 19.8 Å². The Morgan fingerprint density at radius 2 is 1.87 bits per heavy atom. The Balaban J connectivity index is 1.90. The highest BCUT2D eigenvalue weighted by Gasteiger charge is 2.14. The quantitative estimate of drug-likeness (QED) is 0.335. The van der Waals surface area contributed by atoms with Gasteiger partial charge in [0.2, 0.25) is 0 Å². The maximum Gasteiger partial charge on any atom is 0.261 e. The van der Waals surface area contributed by atoms with Crippen molar-refractivity contribution in [3.63, 3.8) is 0 Å². The van der Waals surface area contributed by atoms with Crippen LogP contribution in [0.3, 0.4) is 0 Å². The monoisotopic (exact) mass is 400 g/mol. The van der Waals surface area contributed by atoms with Gasteiger partial charge in [-0.15, -0.1) is 0 Å². The minimum Gasteiger partial charge on any atom is -0.382 e. The second-order valence-corrected chi connectivity index (χ2v) is 6.56. The van der Waals surface area contributed by atoms with E-state index < -0.39 is 5.91 Å². The van der Waals surface area contributed by atoms with Crippen LogP contribution in [-0.2, 0) is 9.53 Å². The number of aromatic nitrogens is 2. The van der Waals surface area contributed by atoms with Crippen LogP contribution in [-0.4, -0.2) is 35.4 Å². The van der Waals surface area contributed by atoms with Gasteiger partial charge in [-0.25, -0.2) is 4.68 Å². The molecule has 0 aliphatic rings. The molecule has 1 heterocycles. The number of benzene rings is 2. The summed E-state index contributed by atoms with van der Waals surface area (Å²) in [6.45, 7) is 3.59. The topological polar surface area (TPSA) is 79.9 Å². The van der Waals surface area contributed by atoms with Crippen molar-refractivity contribution in [1.82, 2.24) is 15.1 Å². The molecule has 0 fully saturated rings. The lowest BCUT2D eigenvalue weighted by atomic mass is 10.1. The van der Waals surface area contributed by atoms with Crippen molar-refractivity contribution in [2.24, 2.45) is 0 Å². The van der Waals surface area contributed by atoms with Crippen LogP contribution in [0.2, 0.25) is 0 Å². The van der Waals surface area contributed by atoms with E-state index in [0.29, 0.717) is 37.4 Å². The summed E-state index contributed by atoms with van der Waals surface area (Å²) < 4.78 is 7.02. The Morgan fingerprint density at radius 1 is 1.17 bits per heavy atom. The van der Waals surface area contributed by atoms with Crippen LogP contribution in [0.25, 0.3) is 23.0 Å². The zero-order chi connectivity index (χ0) is 21.2. The molecule has 0 radical (unpaired) electrons. The zero-order valence-corrected chi connectivity index (χ0v) is 16.9. The molecule has 0 saturated heterocycles. The number of amides is 1. The predicted octanol–water partition coefficient (Wildman–Crippen LogP) is 3.99. The number of hydrogen-bond acceptors (Lipinski definition) is 4. The maximum atomic E-state index is 12.5. The lowest BCUT2D eigenvalue weighted by Crippen LogP contribution is -2.26. The van der Waals surface area contributed by atoms with Gasteiger partial charge in [0.15, 0.2) is 0 Å². The largest absolute Gasteiger partial charge is 0.382 e. The molecule has 30 heavy (non-hydrogen) atoms. The first-order valence-electron chi connectivity index (χ1n) is 9.91. The first-order chi connectivity index (χ1) is 14.7. The van der Waals surface area contributed by atoms with Crippen molar-refractivity contribution in [3.05, 3.63) is 78.0 Å². The van der Waals surface area contributed by atoms with Gasteiger partial charge in [-0.1, -0.05) is 48.5 Å². The van der Waals surface area contributed by atoms with Crippen LogP contribution in [0.15, 0.2) is 72.4 Å². The average molecular weight is 400 g/mol. The molecule has 0 atom stereocenters. The summed E-state index contributed by atoms with van der Waals surface area (Å²) in [6, 6.07) is 21.4. The number of nitriles is 1. The molecule has 0 aliphatic heterocycles. The number of hydrogen-bond donors (Lipinski definition) is 1. The van der Waals surface area contributed by atoms with Gasteiger partial charge in [-0.05, 0) is 31.6 Å². The number of para-hydroxylation sites is 1. The number of rotatable bonds is 9. The van der Waals surface area contributed by atoms with Gasteiger partial charge in [0.1, 0.15) is 11.6 Å². The molecule has 1 amide bonds. The van der Waals surface area contributed by atoms with Gasteiger partial charge < -0.3 is 10.1 Å². The molecule has 152 valence electrons. The maximum absolute atomic E-state index is 12.5. The normalized spacial score (nSPS) is 11.1. The first-order valence-corrected chi connectivity index (χ1v) is 9.91. The van der Waals surface area contributed by atoms with E-state index in [1.54, 1.807) is 10.8 Å². The van der Waals surface area contributed by atoms with Gasteiger partial charge in [0, 0.05) is 37.1 Å². The van der Waals surface area contributed by atoms with E-state index in [4.69, 9.17) is 9.84 Å². The number of carbonyl (C=O) groups is 1. The van der Waals surface area contributed by atoms with E-state index in [1.165, 1.54) is 0 Å². The molecule has 0 spiro atoms. The van der Waals surface area contributed by atoms with Crippen molar-refractivity contribution < 1.29 is 9.53 Å². The van der Waals surface area contributed by atoms with Gasteiger partial charge >= 0.3 is 0 Å². The summed E-state index contributed by atoms with van der Waals surface area (Å²) in [5.41, 5.74) is 3.25. The fourth-order valence-electron chi connectivity index (χ4n) is 2.95. The Labute approximate surface area is 176 Å². The van der Waals surface area contributed by atoms with Gasteiger partial charge in [-0.3, -0.25) is 4.79 Å². The first kappa shape index (κ1) is 21.0. The van der Waals surface area contributed by atoms with Gasteiger partial charge in [0.25, 0.3) is 5.91 Å². The average Bonchev–Trinajstić information content (AvgIpc) is 3.22. The van der Waals surface area contributed by atoms with Crippen molar-refractivity contribution in [2.45, 2.75) is 13.3 Å². The molecular formula is C24H24N4O2. The van der Waals surface area contributed by atoms with E-state index >= 15 is 0 Å². The summed E-state index contributed by atoms with van der Waals surface area (Å²) in [5.74, 6) is -0.402. The Bertz CT molecular complexity index is 1030. The highest BCUT2D eigenvalue weighted by Crippen LogP contribution is 2.25. The molecule has 3 aromatic rings. The molecule has 0 bridgehead atoms. The van der Waals surface area contributed by atoms with E-state index in [9.17, 15) is 10.1 Å². The molecule has 0 unspecified atom stereocenters. The molecule has 2 aromatic carbocycles. The second kappa shape index (κ2) is 10.7. The molecule has 0 saturated carbocycles. The SMILES string of the molecule is CCOCCCNC(=O)/C(C#N)=C/c1cn(-c2ccccc2)nc1-c1ccccc1. The van der Waals surface area contributed by atoms with Crippen molar-refractivity contribution >= 4 is 12.0 Å². The minimum atomic E-state index is -0.402. The molecule has 0 aliphatic carbocycles. The Kier molecular flexibility index (Phi) is 7.53. The summed E-state index contributed by atoms with van der Waals surface area (Å²) in [4.78, 5) is 12.5. The van der Waals surface area contributed by atoms with Crippen molar-refractivity contribution in [1.29, 1.82) is 5.26 Å². The number of carbonyl (C=O) groups excluding carboxylic acids is 1. The predicted molar refractivity (Wildman–Crippen MR) is 117 cm³/mol. The van der Waals surface area contributed by atoms with Crippen LogP contribution >= 0.6 is 0 Å². The fourth-order valence-corrected chi connectivity index (χ4v) is 2.95. The van der Waals surface area contributed by atoms with Crippen molar-refractivity contribution in [3.8, 4) is 23.0 Å². The summed E-state index contributed by atoms with van der Waals surface area (Å²) in [6.07, 6.45) is 4.11. The smallest absolute Gasteiger partial charge is 0.261 e. The molecule has 6 heteroatoms. The third-order valence-electron chi connectivity index (χ3n) is 4.43.